The minimum Gasteiger partial charge on any atom is -1.00 e. The Bertz CT molecular complexity index is 72.7. The molecule has 0 saturated heterocycles. The van der Waals surface area contributed by atoms with Crippen LogP contribution in [-0.4, -0.2) is 84.5 Å². The Morgan fingerprint density at radius 3 is 0.526 bits per heavy atom. The molecule has 0 aromatic rings. The Morgan fingerprint density at radius 1 is 0.526 bits per heavy atom. The van der Waals surface area contributed by atoms with Crippen molar-refractivity contribution in [3.63, 3.8) is 0 Å². The molecule has 12 nitrogen and oxygen atoms in total. The van der Waals surface area contributed by atoms with Crippen LogP contribution in [0.5, 0.6) is 0 Å². The molecule has 104 valence electrons. The van der Waals surface area contributed by atoms with Crippen LogP contribution in [0.2, 0.25) is 0 Å². The van der Waals surface area contributed by atoms with Gasteiger partial charge in [0.15, 0.2) is 0 Å². The van der Waals surface area contributed by atoms with Gasteiger partial charge in [-0.2, -0.15) is 0 Å². The van der Waals surface area contributed by atoms with Crippen molar-refractivity contribution in [3.05, 3.63) is 0 Å². The maximum Gasteiger partial charge on any atom is 1.00 e. The van der Waals surface area contributed by atoms with Crippen LogP contribution >= 0.6 is 0 Å². The summed E-state index contributed by atoms with van der Waals surface area (Å²) in [6.07, 6.45) is 0. The minimum absolute atomic E-state index is 0. The molecule has 11 N–H and O–H groups in total. The zero-order valence-corrected chi connectivity index (χ0v) is 17.3. The van der Waals surface area contributed by atoms with E-state index in [2.05, 4.69) is 0 Å². The van der Waals surface area contributed by atoms with Gasteiger partial charge in [0.05, 0.1) is 0 Å². The van der Waals surface area contributed by atoms with Crippen LogP contribution in [0.3, 0.4) is 0 Å². The summed E-state index contributed by atoms with van der Waals surface area (Å²) in [5.41, 5.74) is 0. The maximum absolute atomic E-state index is 8.64. The molecule has 0 bridgehead atoms. The third kappa shape index (κ3) is 783. The molecule has 19 heavy (non-hydrogen) atoms. The summed E-state index contributed by atoms with van der Waals surface area (Å²) >= 11 is 0. The molecule has 0 unspecified atom stereocenters. The van der Waals surface area contributed by atoms with Gasteiger partial charge in [-0.15, -0.1) is 0 Å². The summed E-state index contributed by atoms with van der Waals surface area (Å²) in [4.78, 5) is 0. The van der Waals surface area contributed by atoms with Gasteiger partial charge in [0.25, 0.3) is 0 Å². The van der Waals surface area contributed by atoms with E-state index in [0.717, 1.165) is 0 Å². The molecule has 0 aromatic heterocycles. The van der Waals surface area contributed by atoms with E-state index in [-0.39, 0.29) is 105 Å². The van der Waals surface area contributed by atoms with Crippen molar-refractivity contribution < 1.29 is 165 Å². The van der Waals surface area contributed by atoms with Crippen molar-refractivity contribution >= 4 is 29.3 Å². The van der Waals surface area contributed by atoms with Crippen molar-refractivity contribution in [2.45, 2.75) is 0 Å². The van der Waals surface area contributed by atoms with E-state index in [1.54, 1.807) is 0 Å². The van der Waals surface area contributed by atoms with Gasteiger partial charge in [0, 0.05) is 0 Å². The van der Waals surface area contributed by atoms with E-state index in [4.69, 9.17) is 60.3 Å². The molecule has 0 amide bonds. The molecule has 0 aliphatic rings. The van der Waals surface area contributed by atoms with Gasteiger partial charge < -0.3 is 84.3 Å². The summed E-state index contributed by atoms with van der Waals surface area (Å²) in [5.74, 6) is 0. The second kappa shape index (κ2) is 37.4. The van der Waals surface area contributed by atoms with Gasteiger partial charge in [0.2, 0.25) is 0 Å². The first-order chi connectivity index (χ1) is 6.93. The Kier molecular flexibility index (Phi) is 85.0. The molecule has 0 radical (unpaired) electrons. The molecule has 0 atom stereocenters. The van der Waals surface area contributed by atoms with E-state index in [0.29, 0.717) is 0 Å². The average molecular weight is 435 g/mol. The molecule has 19 heteroatoms. The SMILES string of the molecule is OB(O)O.OB(O)O.OB(O)O.[I-].[K+].[Na+].[O-]B(O)O. The number of hydrogen-bond acceptors (Lipinski definition) is 12. The molecule has 0 aliphatic heterocycles. The van der Waals surface area contributed by atoms with Crippen LogP contribution in [0, 0.1) is 0 Å². The van der Waals surface area contributed by atoms with Gasteiger partial charge in [-0.1, -0.05) is 0 Å². The Morgan fingerprint density at radius 2 is 0.526 bits per heavy atom. The average Bonchev–Trinajstić information content (AvgIpc) is 1.76. The number of halogens is 1. The van der Waals surface area contributed by atoms with E-state index in [9.17, 15) is 0 Å². The summed E-state index contributed by atoms with van der Waals surface area (Å²) in [6.45, 7) is 0. The van der Waals surface area contributed by atoms with Gasteiger partial charge in [-0.25, -0.2) is 0 Å². The molecular weight excluding hydrogens is 424 g/mol. The molecular formula is H11B4IKNaO12. The molecule has 0 fully saturated rings. The van der Waals surface area contributed by atoms with Crippen LogP contribution in [0.25, 0.3) is 0 Å². The number of hydrogen-bond donors (Lipinski definition) is 11. The first-order valence-electron chi connectivity index (χ1n) is 3.08. The van der Waals surface area contributed by atoms with Gasteiger partial charge in [-0.05, 0) is 0 Å². The smallest absolute Gasteiger partial charge is 1.00 e. The van der Waals surface area contributed by atoms with Crippen molar-refractivity contribution in [1.29, 1.82) is 0 Å². The second-order valence-electron chi connectivity index (χ2n) is 1.37. The Hall–Kier alpha value is 3.15. The molecule has 0 aromatic carbocycles. The zero-order chi connectivity index (χ0) is 14.3. The standard InChI is InChI=1S/3BH3O3.BH2O3.HI.K.Na/c4*2-1(3)4;;;/h3*2-4H;2-3H;1H;;/q;;;-1;;2*+1/p-1. The van der Waals surface area contributed by atoms with Crippen molar-refractivity contribution in [2.24, 2.45) is 0 Å². The summed E-state index contributed by atoms with van der Waals surface area (Å²) < 4.78 is 0. The molecule has 0 aliphatic carbocycles. The molecule has 0 saturated carbocycles. The summed E-state index contributed by atoms with van der Waals surface area (Å²) in [7, 11) is -8.92. The molecule has 0 rings (SSSR count). The van der Waals surface area contributed by atoms with E-state index < -0.39 is 29.3 Å². The molecule has 0 spiro atoms. The van der Waals surface area contributed by atoms with Gasteiger partial charge in [-0.3, -0.25) is 0 Å². The predicted octanol–water partition coefficient (Wildman–Crippen LogP) is -17.8. The van der Waals surface area contributed by atoms with Gasteiger partial charge in [0.1, 0.15) is 0 Å². The van der Waals surface area contributed by atoms with Crippen molar-refractivity contribution in [3.8, 4) is 0 Å². The topological polar surface area (TPSA) is 246 Å². The van der Waals surface area contributed by atoms with E-state index >= 15 is 0 Å². The Balaban J connectivity index is -0.0000000192. The maximum atomic E-state index is 8.64. The van der Waals surface area contributed by atoms with E-state index in [1.165, 1.54) is 0 Å². The fourth-order valence-corrected chi connectivity index (χ4v) is 0. The number of rotatable bonds is 0. The predicted molar refractivity (Wildman–Crippen MR) is 47.4 cm³/mol. The zero-order valence-electron chi connectivity index (χ0n) is 10.0. The second-order valence-corrected chi connectivity index (χ2v) is 1.37. The largest absolute Gasteiger partial charge is 1.00 e. The van der Waals surface area contributed by atoms with Crippen LogP contribution < -0.4 is 110 Å². The van der Waals surface area contributed by atoms with Crippen LogP contribution in [0.15, 0.2) is 0 Å². The Labute approximate surface area is 191 Å². The summed E-state index contributed by atoms with van der Waals surface area (Å²) in [5, 5.41) is 87.2. The fourth-order valence-electron chi connectivity index (χ4n) is 0. The van der Waals surface area contributed by atoms with Crippen molar-refractivity contribution in [2.75, 3.05) is 0 Å². The fraction of sp³-hybridized carbons (Fsp3) is 0. The minimum atomic E-state index is -2.42. The normalized spacial score (nSPS) is 5.68. The van der Waals surface area contributed by atoms with Crippen molar-refractivity contribution in [1.82, 2.24) is 0 Å². The van der Waals surface area contributed by atoms with Crippen LogP contribution in [-0.2, 0) is 0 Å². The summed E-state index contributed by atoms with van der Waals surface area (Å²) in [6, 6.07) is 0. The molecule has 0 heterocycles. The third-order valence-electron chi connectivity index (χ3n) is 0. The van der Waals surface area contributed by atoms with Crippen LogP contribution in [0.1, 0.15) is 0 Å². The monoisotopic (exact) mass is 436 g/mol. The van der Waals surface area contributed by atoms with Crippen LogP contribution in [0.4, 0.5) is 0 Å². The first-order valence-corrected chi connectivity index (χ1v) is 3.08. The quantitative estimate of drug-likeness (QED) is 0.125. The van der Waals surface area contributed by atoms with E-state index in [1.807, 2.05) is 0 Å². The third-order valence-corrected chi connectivity index (χ3v) is 0. The van der Waals surface area contributed by atoms with Gasteiger partial charge >= 0.3 is 110 Å². The first kappa shape index (κ1) is 43.2.